The van der Waals surface area contributed by atoms with Gasteiger partial charge in [0, 0.05) is 22.3 Å². The van der Waals surface area contributed by atoms with Gasteiger partial charge in [-0.05, 0) is 37.3 Å². The Morgan fingerprint density at radius 2 is 2.05 bits per heavy atom. The molecule has 0 fully saturated rings. The van der Waals surface area contributed by atoms with E-state index in [1.165, 1.54) is 6.07 Å². The van der Waals surface area contributed by atoms with Crippen LogP contribution >= 0.6 is 27.5 Å². The summed E-state index contributed by atoms with van der Waals surface area (Å²) < 4.78 is 25.1. The van der Waals surface area contributed by atoms with Crippen molar-refractivity contribution in [1.82, 2.24) is 0 Å². The summed E-state index contributed by atoms with van der Waals surface area (Å²) in [7, 11) is 1.60. The molecule has 0 unspecified atom stereocenters. The standard InChI is InChI=1S/C16H16BrClFNO2/c1-3-22-16-11(12(17)5-7-15(16)21-2)9-20-10-4-6-14(19)13(18)8-10/h4-8,20H,3,9H2,1-2H3. The van der Waals surface area contributed by atoms with Crippen molar-refractivity contribution in [2.24, 2.45) is 0 Å². The molecule has 0 saturated heterocycles. The van der Waals surface area contributed by atoms with Crippen molar-refractivity contribution < 1.29 is 13.9 Å². The van der Waals surface area contributed by atoms with Gasteiger partial charge < -0.3 is 14.8 Å². The van der Waals surface area contributed by atoms with Gasteiger partial charge in [0.2, 0.25) is 0 Å². The van der Waals surface area contributed by atoms with E-state index < -0.39 is 5.82 Å². The molecule has 2 aromatic rings. The summed E-state index contributed by atoms with van der Waals surface area (Å²) >= 11 is 9.31. The molecule has 2 rings (SSSR count). The average Bonchev–Trinajstić information content (AvgIpc) is 2.50. The number of methoxy groups -OCH3 is 1. The summed E-state index contributed by atoms with van der Waals surface area (Å²) in [6.07, 6.45) is 0. The molecule has 1 N–H and O–H groups in total. The van der Waals surface area contributed by atoms with E-state index in [1.807, 2.05) is 19.1 Å². The molecule has 22 heavy (non-hydrogen) atoms. The lowest BCUT2D eigenvalue weighted by atomic mass is 10.1. The van der Waals surface area contributed by atoms with E-state index in [4.69, 9.17) is 21.1 Å². The van der Waals surface area contributed by atoms with Crippen molar-refractivity contribution in [3.63, 3.8) is 0 Å². The molecule has 0 saturated carbocycles. The maximum absolute atomic E-state index is 13.2. The average molecular weight is 389 g/mol. The van der Waals surface area contributed by atoms with Gasteiger partial charge in [0.1, 0.15) is 5.82 Å². The third-order valence-corrected chi connectivity index (χ3v) is 4.10. The van der Waals surface area contributed by atoms with Gasteiger partial charge in [0.25, 0.3) is 0 Å². The van der Waals surface area contributed by atoms with Gasteiger partial charge in [0.05, 0.1) is 18.7 Å². The molecule has 3 nitrogen and oxygen atoms in total. The number of halogens is 3. The van der Waals surface area contributed by atoms with Crippen LogP contribution < -0.4 is 14.8 Å². The van der Waals surface area contributed by atoms with E-state index in [-0.39, 0.29) is 5.02 Å². The van der Waals surface area contributed by atoms with Gasteiger partial charge in [-0.1, -0.05) is 27.5 Å². The van der Waals surface area contributed by atoms with E-state index in [2.05, 4.69) is 21.2 Å². The fourth-order valence-electron chi connectivity index (χ4n) is 2.01. The Labute approximate surface area is 142 Å². The van der Waals surface area contributed by atoms with Crippen LogP contribution in [0.4, 0.5) is 10.1 Å². The zero-order chi connectivity index (χ0) is 16.1. The Morgan fingerprint density at radius 1 is 1.27 bits per heavy atom. The molecular weight excluding hydrogens is 373 g/mol. The van der Waals surface area contributed by atoms with Crippen LogP contribution in [0.25, 0.3) is 0 Å². The van der Waals surface area contributed by atoms with E-state index in [9.17, 15) is 4.39 Å². The maximum Gasteiger partial charge on any atom is 0.167 e. The number of hydrogen-bond acceptors (Lipinski definition) is 3. The van der Waals surface area contributed by atoms with Gasteiger partial charge in [-0.25, -0.2) is 4.39 Å². The van der Waals surface area contributed by atoms with Crippen LogP contribution in [0, 0.1) is 5.82 Å². The van der Waals surface area contributed by atoms with Crippen LogP contribution in [-0.2, 0) is 6.54 Å². The van der Waals surface area contributed by atoms with Gasteiger partial charge >= 0.3 is 0 Å². The Morgan fingerprint density at radius 3 is 2.68 bits per heavy atom. The molecule has 0 atom stereocenters. The molecule has 0 heterocycles. The zero-order valence-corrected chi connectivity index (χ0v) is 14.6. The minimum atomic E-state index is -0.440. The SMILES string of the molecule is CCOc1c(OC)ccc(Br)c1CNc1ccc(F)c(Cl)c1. The van der Waals surface area contributed by atoms with Gasteiger partial charge in [-0.3, -0.25) is 0 Å². The molecule has 0 aliphatic heterocycles. The summed E-state index contributed by atoms with van der Waals surface area (Å²) in [5.41, 5.74) is 1.64. The molecular formula is C16H16BrClFNO2. The highest BCUT2D eigenvalue weighted by molar-refractivity contribution is 9.10. The highest BCUT2D eigenvalue weighted by Crippen LogP contribution is 2.36. The highest BCUT2D eigenvalue weighted by Gasteiger charge is 2.14. The first kappa shape index (κ1) is 16.9. The topological polar surface area (TPSA) is 30.5 Å². The van der Waals surface area contributed by atoms with Gasteiger partial charge in [0.15, 0.2) is 11.5 Å². The van der Waals surface area contributed by atoms with Crippen LogP contribution in [0.5, 0.6) is 11.5 Å². The van der Waals surface area contributed by atoms with Crippen molar-refractivity contribution in [3.05, 3.63) is 51.2 Å². The largest absolute Gasteiger partial charge is 0.493 e. The smallest absolute Gasteiger partial charge is 0.167 e. The predicted molar refractivity (Wildman–Crippen MR) is 90.6 cm³/mol. The van der Waals surface area contributed by atoms with E-state index >= 15 is 0 Å². The zero-order valence-electron chi connectivity index (χ0n) is 12.3. The number of rotatable bonds is 6. The molecule has 0 aliphatic carbocycles. The first-order valence-electron chi connectivity index (χ1n) is 6.74. The lowest BCUT2D eigenvalue weighted by Crippen LogP contribution is -2.06. The van der Waals surface area contributed by atoms with Crippen molar-refractivity contribution in [1.29, 1.82) is 0 Å². The second-order valence-electron chi connectivity index (χ2n) is 4.47. The Hall–Kier alpha value is -1.46. The molecule has 0 radical (unpaired) electrons. The fourth-order valence-corrected chi connectivity index (χ4v) is 2.64. The predicted octanol–water partition coefficient (Wildman–Crippen LogP) is 5.26. The van der Waals surface area contributed by atoms with E-state index in [0.717, 1.165) is 15.7 Å². The molecule has 0 bridgehead atoms. The third kappa shape index (κ3) is 3.84. The Balaban J connectivity index is 2.26. The normalized spacial score (nSPS) is 10.4. The van der Waals surface area contributed by atoms with Crippen molar-refractivity contribution in [3.8, 4) is 11.5 Å². The Bertz CT molecular complexity index is 667. The minimum absolute atomic E-state index is 0.0831. The van der Waals surface area contributed by atoms with Crippen molar-refractivity contribution >= 4 is 33.2 Å². The summed E-state index contributed by atoms with van der Waals surface area (Å²) in [5, 5.41) is 3.29. The molecule has 0 aliphatic rings. The maximum atomic E-state index is 13.2. The molecule has 0 aromatic heterocycles. The lowest BCUT2D eigenvalue weighted by molar-refractivity contribution is 0.307. The summed E-state index contributed by atoms with van der Waals surface area (Å²) in [6.45, 7) is 2.93. The quantitative estimate of drug-likeness (QED) is 0.732. The van der Waals surface area contributed by atoms with Crippen LogP contribution in [0.1, 0.15) is 12.5 Å². The fraction of sp³-hybridized carbons (Fsp3) is 0.250. The second-order valence-corrected chi connectivity index (χ2v) is 5.73. The first-order chi connectivity index (χ1) is 10.6. The lowest BCUT2D eigenvalue weighted by Gasteiger charge is -2.17. The van der Waals surface area contributed by atoms with Crippen molar-refractivity contribution in [2.75, 3.05) is 19.0 Å². The number of hydrogen-bond donors (Lipinski definition) is 1. The van der Waals surface area contributed by atoms with Crippen LogP contribution in [-0.4, -0.2) is 13.7 Å². The number of anilines is 1. The third-order valence-electron chi connectivity index (χ3n) is 3.06. The van der Waals surface area contributed by atoms with E-state index in [0.29, 0.717) is 24.7 Å². The Kier molecular flexibility index (Phi) is 5.91. The summed E-state index contributed by atoms with van der Waals surface area (Å²) in [4.78, 5) is 0. The monoisotopic (exact) mass is 387 g/mol. The van der Waals surface area contributed by atoms with Gasteiger partial charge in [-0.2, -0.15) is 0 Å². The van der Waals surface area contributed by atoms with Crippen LogP contribution in [0.15, 0.2) is 34.8 Å². The summed E-state index contributed by atoms with van der Waals surface area (Å²) in [6, 6.07) is 8.25. The first-order valence-corrected chi connectivity index (χ1v) is 7.91. The van der Waals surface area contributed by atoms with Crippen LogP contribution in [0.2, 0.25) is 5.02 Å². The molecule has 0 spiro atoms. The van der Waals surface area contributed by atoms with Crippen LogP contribution in [0.3, 0.4) is 0 Å². The summed E-state index contributed by atoms with van der Waals surface area (Å²) in [5.74, 6) is 0.906. The van der Waals surface area contributed by atoms with Crippen molar-refractivity contribution in [2.45, 2.75) is 13.5 Å². The number of ether oxygens (including phenoxy) is 2. The molecule has 6 heteroatoms. The van der Waals surface area contributed by atoms with Gasteiger partial charge in [-0.15, -0.1) is 0 Å². The van der Waals surface area contributed by atoms with E-state index in [1.54, 1.807) is 19.2 Å². The minimum Gasteiger partial charge on any atom is -0.493 e. The highest BCUT2D eigenvalue weighted by atomic mass is 79.9. The molecule has 118 valence electrons. The second kappa shape index (κ2) is 7.70. The molecule has 0 amide bonds. The number of nitrogens with one attached hydrogen (secondary N) is 1. The number of benzene rings is 2. The molecule has 2 aromatic carbocycles.